The molecule has 2 rings (SSSR count). The molecule has 0 unspecified atom stereocenters. The van der Waals surface area contributed by atoms with E-state index in [1.54, 1.807) is 6.08 Å². The molecule has 0 aromatic heterocycles. The molecule has 0 saturated carbocycles. The molecule has 0 spiro atoms. The summed E-state index contributed by atoms with van der Waals surface area (Å²) >= 11 is 0. The van der Waals surface area contributed by atoms with Crippen molar-refractivity contribution >= 4 is 0 Å². The van der Waals surface area contributed by atoms with Gasteiger partial charge in [-0.2, -0.15) is 0 Å². The Morgan fingerprint density at radius 1 is 1.00 bits per heavy atom. The van der Waals surface area contributed by atoms with Crippen molar-refractivity contribution in [3.8, 4) is 0 Å². The number of hydrogen-bond donors (Lipinski definition) is 0. The van der Waals surface area contributed by atoms with Gasteiger partial charge in [-0.15, -0.1) is 0 Å². The van der Waals surface area contributed by atoms with Crippen LogP contribution in [0, 0.1) is 0 Å². The summed E-state index contributed by atoms with van der Waals surface area (Å²) in [6.07, 6.45) is 9.78. The summed E-state index contributed by atoms with van der Waals surface area (Å²) in [4.78, 5) is 0. The van der Waals surface area contributed by atoms with Crippen molar-refractivity contribution in [2.75, 3.05) is 0 Å². The number of halogens is 1. The van der Waals surface area contributed by atoms with Crippen LogP contribution in [-0.2, 0) is 0 Å². The quantitative estimate of drug-likeness (QED) is 0.584. The Bertz CT molecular complexity index is 392. The van der Waals surface area contributed by atoms with Crippen LogP contribution in [0.15, 0.2) is 46.3 Å². The smallest absolute Gasteiger partial charge is 0.101 e. The maximum absolute atomic E-state index is 13.1. The largest absolute Gasteiger partial charge is 0.212 e. The first-order valence-electron chi connectivity index (χ1n) is 5.61. The van der Waals surface area contributed by atoms with Crippen LogP contribution in [0.2, 0.25) is 0 Å². The van der Waals surface area contributed by atoms with Crippen LogP contribution in [0.4, 0.5) is 4.39 Å². The molecule has 0 N–H and O–H groups in total. The van der Waals surface area contributed by atoms with E-state index in [4.69, 9.17) is 0 Å². The Labute approximate surface area is 90.9 Å². The highest BCUT2D eigenvalue weighted by Crippen LogP contribution is 2.34. The highest BCUT2D eigenvalue weighted by Gasteiger charge is 2.16. The predicted octanol–water partition coefficient (Wildman–Crippen LogP) is 4.62. The lowest BCUT2D eigenvalue weighted by Crippen LogP contribution is -2.02. The maximum Gasteiger partial charge on any atom is 0.101 e. The summed E-state index contributed by atoms with van der Waals surface area (Å²) in [5, 5.41) is 0. The molecule has 80 valence electrons. The van der Waals surface area contributed by atoms with E-state index >= 15 is 0 Å². The third-order valence-corrected chi connectivity index (χ3v) is 3.23. The van der Waals surface area contributed by atoms with Crippen molar-refractivity contribution in [2.24, 2.45) is 0 Å². The van der Waals surface area contributed by atoms with Gasteiger partial charge in [0.15, 0.2) is 0 Å². The molecule has 0 amide bonds. The number of rotatable bonds is 1. The van der Waals surface area contributed by atoms with Crippen molar-refractivity contribution in [3.63, 3.8) is 0 Å². The zero-order chi connectivity index (χ0) is 10.8. The fraction of sp³-hybridized carbons (Fsp3) is 0.429. The minimum atomic E-state index is 0.0286. The van der Waals surface area contributed by atoms with Crippen molar-refractivity contribution in [1.29, 1.82) is 0 Å². The van der Waals surface area contributed by atoms with E-state index in [9.17, 15) is 4.39 Å². The van der Waals surface area contributed by atoms with Gasteiger partial charge in [-0.05, 0) is 61.5 Å². The average molecular weight is 204 g/mol. The van der Waals surface area contributed by atoms with E-state index in [0.717, 1.165) is 24.8 Å². The van der Waals surface area contributed by atoms with Crippen molar-refractivity contribution in [1.82, 2.24) is 0 Å². The van der Waals surface area contributed by atoms with Gasteiger partial charge in [-0.3, -0.25) is 0 Å². The second-order valence-corrected chi connectivity index (χ2v) is 4.36. The molecule has 1 heteroatoms. The van der Waals surface area contributed by atoms with E-state index in [1.165, 1.54) is 16.7 Å². The molecule has 0 bridgehead atoms. The van der Waals surface area contributed by atoms with Gasteiger partial charge in [-0.25, -0.2) is 4.39 Å². The normalized spacial score (nSPS) is 22.2. The molecule has 0 nitrogen and oxygen atoms in total. The molecule has 0 aliphatic heterocycles. The molecule has 0 heterocycles. The minimum Gasteiger partial charge on any atom is -0.212 e. The lowest BCUT2D eigenvalue weighted by molar-refractivity contribution is 0.578. The first-order chi connectivity index (χ1) is 7.18. The molecule has 0 radical (unpaired) electrons. The van der Waals surface area contributed by atoms with Crippen LogP contribution in [0.25, 0.3) is 0 Å². The van der Waals surface area contributed by atoms with Crippen LogP contribution >= 0.6 is 0 Å². The molecule has 15 heavy (non-hydrogen) atoms. The number of hydrogen-bond acceptors (Lipinski definition) is 0. The third kappa shape index (κ3) is 2.11. The monoisotopic (exact) mass is 204 g/mol. The van der Waals surface area contributed by atoms with Crippen LogP contribution < -0.4 is 0 Å². The highest BCUT2D eigenvalue weighted by molar-refractivity contribution is 5.48. The molecular formula is C14H17F. The second kappa shape index (κ2) is 4.18. The SMILES string of the molecule is CC1=C(C2=C(C)C=C(F)CC2)CCC=C1. The lowest BCUT2D eigenvalue weighted by atomic mass is 9.85. The topological polar surface area (TPSA) is 0 Å². The Kier molecular flexibility index (Phi) is 2.90. The van der Waals surface area contributed by atoms with Crippen molar-refractivity contribution < 1.29 is 4.39 Å². The van der Waals surface area contributed by atoms with Gasteiger partial charge in [0.25, 0.3) is 0 Å². The van der Waals surface area contributed by atoms with Gasteiger partial charge in [0.05, 0.1) is 0 Å². The summed E-state index contributed by atoms with van der Waals surface area (Å²) in [6.45, 7) is 4.17. The summed E-state index contributed by atoms with van der Waals surface area (Å²) in [5.41, 5.74) is 5.28. The first-order valence-corrected chi connectivity index (χ1v) is 5.61. The van der Waals surface area contributed by atoms with Crippen LogP contribution in [0.3, 0.4) is 0 Å². The summed E-state index contributed by atoms with van der Waals surface area (Å²) < 4.78 is 13.1. The molecule has 0 aromatic rings. The third-order valence-electron chi connectivity index (χ3n) is 3.23. The van der Waals surface area contributed by atoms with Gasteiger partial charge >= 0.3 is 0 Å². The summed E-state index contributed by atoms with van der Waals surface area (Å²) in [5.74, 6) is 0.0286. The van der Waals surface area contributed by atoms with E-state index in [1.807, 2.05) is 6.92 Å². The van der Waals surface area contributed by atoms with Crippen molar-refractivity contribution in [2.45, 2.75) is 39.5 Å². The van der Waals surface area contributed by atoms with Gasteiger partial charge in [0.2, 0.25) is 0 Å². The summed E-state index contributed by atoms with van der Waals surface area (Å²) in [6, 6.07) is 0. The van der Waals surface area contributed by atoms with Gasteiger partial charge < -0.3 is 0 Å². The zero-order valence-electron chi connectivity index (χ0n) is 9.44. The molecule has 2 aliphatic rings. The Balaban J connectivity index is 2.39. The maximum atomic E-state index is 13.1. The molecular weight excluding hydrogens is 187 g/mol. The fourth-order valence-corrected chi connectivity index (χ4v) is 2.40. The van der Waals surface area contributed by atoms with E-state index < -0.39 is 0 Å². The first kappa shape index (κ1) is 10.4. The predicted molar refractivity (Wildman–Crippen MR) is 62.2 cm³/mol. The van der Waals surface area contributed by atoms with Crippen molar-refractivity contribution in [3.05, 3.63) is 46.3 Å². The number of allylic oxidation sites excluding steroid dienone is 8. The molecule has 0 saturated heterocycles. The molecule has 0 atom stereocenters. The molecule has 0 aromatic carbocycles. The van der Waals surface area contributed by atoms with E-state index in [2.05, 4.69) is 19.1 Å². The molecule has 2 aliphatic carbocycles. The summed E-state index contributed by atoms with van der Waals surface area (Å²) in [7, 11) is 0. The Hall–Kier alpha value is -1.11. The van der Waals surface area contributed by atoms with E-state index in [-0.39, 0.29) is 5.83 Å². The zero-order valence-corrected chi connectivity index (χ0v) is 9.44. The standard InChI is InChI=1S/C14H17F/c1-10-5-3-4-6-13(10)14-8-7-12(15)9-11(14)2/h3,5,9H,4,6-8H2,1-2H3. The molecule has 0 fully saturated rings. The highest BCUT2D eigenvalue weighted by atomic mass is 19.1. The van der Waals surface area contributed by atoms with Crippen LogP contribution in [0.5, 0.6) is 0 Å². The second-order valence-electron chi connectivity index (χ2n) is 4.36. The van der Waals surface area contributed by atoms with Crippen LogP contribution in [-0.4, -0.2) is 0 Å². The lowest BCUT2D eigenvalue weighted by Gasteiger charge is -2.21. The minimum absolute atomic E-state index is 0.0286. The fourth-order valence-electron chi connectivity index (χ4n) is 2.40. The van der Waals surface area contributed by atoms with Gasteiger partial charge in [-0.1, -0.05) is 12.2 Å². The van der Waals surface area contributed by atoms with Crippen LogP contribution in [0.1, 0.15) is 39.5 Å². The Morgan fingerprint density at radius 2 is 1.73 bits per heavy atom. The Morgan fingerprint density at radius 3 is 2.40 bits per heavy atom. The van der Waals surface area contributed by atoms with Gasteiger partial charge in [0, 0.05) is 6.42 Å². The average Bonchev–Trinajstić information content (AvgIpc) is 2.20. The van der Waals surface area contributed by atoms with E-state index in [0.29, 0.717) is 6.42 Å². The van der Waals surface area contributed by atoms with Gasteiger partial charge in [0.1, 0.15) is 5.83 Å².